The number of nitrogens with one attached hydrogen (secondary N) is 2. The van der Waals surface area contributed by atoms with Crippen molar-refractivity contribution in [1.82, 2.24) is 15.5 Å². The first-order chi connectivity index (χ1) is 9.36. The highest BCUT2D eigenvalue weighted by Crippen LogP contribution is 2.08. The van der Waals surface area contributed by atoms with Crippen molar-refractivity contribution in [2.24, 2.45) is 4.99 Å². The number of rotatable bonds is 5. The average Bonchev–Trinajstić information content (AvgIpc) is 2.40. The molecule has 4 nitrogen and oxygen atoms in total. The molecule has 4 heteroatoms. The number of aryl methyl sites for hydroxylation is 1. The molecule has 0 aliphatic heterocycles. The first kappa shape index (κ1) is 16.5. The van der Waals surface area contributed by atoms with Crippen molar-refractivity contribution >= 4 is 5.96 Å². The van der Waals surface area contributed by atoms with Gasteiger partial charge in [0.25, 0.3) is 0 Å². The van der Waals surface area contributed by atoms with Crippen LogP contribution in [0.4, 0.5) is 0 Å². The fourth-order valence-corrected chi connectivity index (χ4v) is 1.67. The minimum Gasteiger partial charge on any atom is -0.355 e. The maximum absolute atomic E-state index is 4.27. The van der Waals surface area contributed by atoms with Crippen LogP contribution in [0.5, 0.6) is 0 Å². The number of benzene rings is 1. The van der Waals surface area contributed by atoms with Crippen molar-refractivity contribution in [1.29, 1.82) is 0 Å². The zero-order valence-corrected chi connectivity index (χ0v) is 13.6. The number of guanidine groups is 1. The van der Waals surface area contributed by atoms with Crippen LogP contribution in [0.1, 0.15) is 25.0 Å². The van der Waals surface area contributed by atoms with E-state index in [1.165, 1.54) is 11.1 Å². The minimum atomic E-state index is 0.0836. The molecule has 0 radical (unpaired) electrons. The predicted molar refractivity (Wildman–Crippen MR) is 87.1 cm³/mol. The molecular formula is C16H28N4. The molecule has 0 saturated heterocycles. The Morgan fingerprint density at radius 1 is 1.20 bits per heavy atom. The van der Waals surface area contributed by atoms with Crippen molar-refractivity contribution in [2.45, 2.75) is 32.9 Å². The lowest BCUT2D eigenvalue weighted by atomic mass is 10.0. The molecule has 1 aromatic rings. The standard InChI is InChI=1S/C16H28N4/c1-13-9-7-8-10-14(13)11-18-15(17-4)19-12-16(2,3)20(5)6/h7-10H,11-12H2,1-6H3,(H2,17,18,19). The third kappa shape index (κ3) is 4.85. The predicted octanol–water partition coefficient (Wildman–Crippen LogP) is 2.00. The van der Waals surface area contributed by atoms with Gasteiger partial charge in [-0.05, 0) is 46.0 Å². The van der Waals surface area contributed by atoms with Crippen LogP contribution in [0.3, 0.4) is 0 Å². The molecule has 0 atom stereocenters. The molecule has 0 fully saturated rings. The summed E-state index contributed by atoms with van der Waals surface area (Å²) < 4.78 is 0. The number of aliphatic imine (C=N–C) groups is 1. The van der Waals surface area contributed by atoms with Crippen molar-refractivity contribution in [3.63, 3.8) is 0 Å². The summed E-state index contributed by atoms with van der Waals surface area (Å²) in [5.74, 6) is 0.836. The molecule has 0 heterocycles. The van der Waals surface area contributed by atoms with E-state index in [1.54, 1.807) is 7.05 Å². The summed E-state index contributed by atoms with van der Waals surface area (Å²) in [4.78, 5) is 6.47. The third-order valence-corrected chi connectivity index (χ3v) is 3.83. The number of hydrogen-bond acceptors (Lipinski definition) is 2. The fraction of sp³-hybridized carbons (Fsp3) is 0.562. The molecule has 0 amide bonds. The lowest BCUT2D eigenvalue weighted by Gasteiger charge is -2.33. The number of likely N-dealkylation sites (N-methyl/N-ethyl adjacent to an activating group) is 1. The Hall–Kier alpha value is -1.55. The first-order valence-electron chi connectivity index (χ1n) is 7.03. The highest BCUT2D eigenvalue weighted by Gasteiger charge is 2.20. The highest BCUT2D eigenvalue weighted by molar-refractivity contribution is 5.79. The minimum absolute atomic E-state index is 0.0836. The zero-order chi connectivity index (χ0) is 15.2. The van der Waals surface area contributed by atoms with E-state index in [1.807, 2.05) is 0 Å². The Kier molecular flexibility index (Phi) is 6.02. The molecular weight excluding hydrogens is 248 g/mol. The van der Waals surface area contributed by atoms with Gasteiger partial charge in [0.2, 0.25) is 0 Å². The van der Waals surface area contributed by atoms with Crippen LogP contribution in [-0.2, 0) is 6.54 Å². The Labute approximate surface area is 123 Å². The smallest absolute Gasteiger partial charge is 0.191 e. The van der Waals surface area contributed by atoms with Crippen LogP contribution in [0.25, 0.3) is 0 Å². The molecule has 0 aliphatic carbocycles. The average molecular weight is 276 g/mol. The third-order valence-electron chi connectivity index (χ3n) is 3.83. The molecule has 0 aliphatic rings. The summed E-state index contributed by atoms with van der Waals surface area (Å²) in [6.45, 7) is 8.16. The Balaban J connectivity index is 2.51. The normalized spacial score (nSPS) is 12.7. The van der Waals surface area contributed by atoms with Crippen molar-refractivity contribution in [3.8, 4) is 0 Å². The summed E-state index contributed by atoms with van der Waals surface area (Å²) in [5.41, 5.74) is 2.67. The van der Waals surface area contributed by atoms with Crippen molar-refractivity contribution in [3.05, 3.63) is 35.4 Å². The van der Waals surface area contributed by atoms with Gasteiger partial charge in [-0.25, -0.2) is 0 Å². The van der Waals surface area contributed by atoms with Crippen LogP contribution in [0, 0.1) is 6.92 Å². The topological polar surface area (TPSA) is 39.7 Å². The quantitative estimate of drug-likeness (QED) is 0.638. The van der Waals surface area contributed by atoms with Crippen LogP contribution in [-0.4, -0.2) is 44.1 Å². The highest BCUT2D eigenvalue weighted by atomic mass is 15.2. The van der Waals surface area contributed by atoms with Gasteiger partial charge in [-0.3, -0.25) is 4.99 Å². The molecule has 20 heavy (non-hydrogen) atoms. The Morgan fingerprint density at radius 3 is 2.40 bits per heavy atom. The largest absolute Gasteiger partial charge is 0.355 e. The van der Waals surface area contributed by atoms with E-state index in [-0.39, 0.29) is 5.54 Å². The Morgan fingerprint density at radius 2 is 1.85 bits per heavy atom. The molecule has 0 saturated carbocycles. The summed E-state index contributed by atoms with van der Waals surface area (Å²) in [6.07, 6.45) is 0. The zero-order valence-electron chi connectivity index (χ0n) is 13.6. The second-order valence-electron chi connectivity index (χ2n) is 5.91. The molecule has 0 spiro atoms. The molecule has 0 bridgehead atoms. The summed E-state index contributed by atoms with van der Waals surface area (Å²) in [6, 6.07) is 8.39. The maximum Gasteiger partial charge on any atom is 0.191 e. The fourth-order valence-electron chi connectivity index (χ4n) is 1.67. The second kappa shape index (κ2) is 7.29. The van der Waals surface area contributed by atoms with Gasteiger partial charge in [0, 0.05) is 25.7 Å². The van der Waals surface area contributed by atoms with E-state index in [4.69, 9.17) is 0 Å². The maximum atomic E-state index is 4.27. The van der Waals surface area contributed by atoms with Gasteiger partial charge in [0.05, 0.1) is 0 Å². The van der Waals surface area contributed by atoms with Gasteiger partial charge in [0.15, 0.2) is 5.96 Å². The Bertz CT molecular complexity index is 450. The molecule has 112 valence electrons. The molecule has 2 N–H and O–H groups in total. The number of nitrogens with zero attached hydrogens (tertiary/aromatic N) is 2. The van der Waals surface area contributed by atoms with E-state index in [9.17, 15) is 0 Å². The van der Waals surface area contributed by atoms with Crippen LogP contribution >= 0.6 is 0 Å². The van der Waals surface area contributed by atoms with Gasteiger partial charge in [-0.2, -0.15) is 0 Å². The van der Waals surface area contributed by atoms with E-state index >= 15 is 0 Å². The van der Waals surface area contributed by atoms with Crippen LogP contribution < -0.4 is 10.6 Å². The van der Waals surface area contributed by atoms with Gasteiger partial charge in [-0.1, -0.05) is 24.3 Å². The van der Waals surface area contributed by atoms with Gasteiger partial charge in [-0.15, -0.1) is 0 Å². The van der Waals surface area contributed by atoms with E-state index < -0.39 is 0 Å². The lowest BCUT2D eigenvalue weighted by Crippen LogP contribution is -2.50. The lowest BCUT2D eigenvalue weighted by molar-refractivity contribution is 0.197. The van der Waals surface area contributed by atoms with Gasteiger partial charge >= 0.3 is 0 Å². The van der Waals surface area contributed by atoms with E-state index in [0.717, 1.165) is 19.0 Å². The summed E-state index contributed by atoms with van der Waals surface area (Å²) in [7, 11) is 5.98. The van der Waals surface area contributed by atoms with Gasteiger partial charge in [0.1, 0.15) is 0 Å². The molecule has 1 aromatic carbocycles. The van der Waals surface area contributed by atoms with E-state index in [0.29, 0.717) is 0 Å². The first-order valence-corrected chi connectivity index (χ1v) is 7.03. The number of hydrogen-bond donors (Lipinski definition) is 2. The van der Waals surface area contributed by atoms with Gasteiger partial charge < -0.3 is 15.5 Å². The monoisotopic (exact) mass is 276 g/mol. The van der Waals surface area contributed by atoms with Crippen LogP contribution in [0.2, 0.25) is 0 Å². The van der Waals surface area contributed by atoms with Crippen LogP contribution in [0.15, 0.2) is 29.3 Å². The molecule has 1 rings (SSSR count). The van der Waals surface area contributed by atoms with Crippen molar-refractivity contribution < 1.29 is 0 Å². The SMILES string of the molecule is CN=C(NCc1ccccc1C)NCC(C)(C)N(C)C. The second-order valence-corrected chi connectivity index (χ2v) is 5.91. The summed E-state index contributed by atoms with van der Waals surface area (Å²) >= 11 is 0. The molecule has 0 unspecified atom stereocenters. The molecule has 0 aromatic heterocycles. The van der Waals surface area contributed by atoms with Crippen molar-refractivity contribution in [2.75, 3.05) is 27.7 Å². The summed E-state index contributed by atoms with van der Waals surface area (Å²) in [5, 5.41) is 6.74. The van der Waals surface area contributed by atoms with E-state index in [2.05, 4.69) is 79.7 Å².